The third-order valence-electron chi connectivity index (χ3n) is 3.95. The summed E-state index contributed by atoms with van der Waals surface area (Å²) < 4.78 is 2.06. The summed E-state index contributed by atoms with van der Waals surface area (Å²) in [6.45, 7) is 2.33. The van der Waals surface area contributed by atoms with Crippen LogP contribution in [0.4, 0.5) is 0 Å². The summed E-state index contributed by atoms with van der Waals surface area (Å²) in [5.74, 6) is 0. The van der Waals surface area contributed by atoms with Gasteiger partial charge in [-0.15, -0.1) is 0 Å². The smallest absolute Gasteiger partial charge is 0.0530 e. The van der Waals surface area contributed by atoms with Crippen molar-refractivity contribution in [1.82, 2.24) is 15.1 Å². The van der Waals surface area contributed by atoms with Gasteiger partial charge in [-0.25, -0.2) is 0 Å². The quantitative estimate of drug-likeness (QED) is 0.662. The Morgan fingerprint density at radius 1 is 1.50 bits per heavy atom. The lowest BCUT2D eigenvalue weighted by atomic mass is 9.72. The highest BCUT2D eigenvalue weighted by Crippen LogP contribution is 2.41. The van der Waals surface area contributed by atoms with E-state index in [1.165, 1.54) is 43.5 Å². The molecule has 1 saturated heterocycles. The van der Waals surface area contributed by atoms with E-state index in [4.69, 9.17) is 0 Å². The Labute approximate surface area is 84.5 Å². The van der Waals surface area contributed by atoms with E-state index >= 15 is 0 Å². The van der Waals surface area contributed by atoms with Crippen LogP contribution in [0.1, 0.15) is 30.5 Å². The van der Waals surface area contributed by atoms with Crippen LogP contribution in [0.15, 0.2) is 6.20 Å². The summed E-state index contributed by atoms with van der Waals surface area (Å²) in [7, 11) is 2.07. The molecule has 0 radical (unpaired) electrons. The maximum atomic E-state index is 4.41. The van der Waals surface area contributed by atoms with Gasteiger partial charge in [-0.1, -0.05) is 0 Å². The minimum Gasteiger partial charge on any atom is -0.316 e. The van der Waals surface area contributed by atoms with Crippen LogP contribution in [0.3, 0.4) is 0 Å². The Bertz CT molecular complexity index is 347. The summed E-state index contributed by atoms with van der Waals surface area (Å²) in [5, 5.41) is 7.90. The molecule has 1 aromatic heterocycles. The van der Waals surface area contributed by atoms with Crippen molar-refractivity contribution in [2.75, 3.05) is 13.1 Å². The summed E-state index contributed by atoms with van der Waals surface area (Å²) in [6, 6.07) is 0. The Kier molecular flexibility index (Phi) is 1.71. The number of fused-ring (bicyclic) bond motifs is 2. The van der Waals surface area contributed by atoms with Crippen molar-refractivity contribution in [3.05, 3.63) is 17.5 Å². The molecular weight excluding hydrogens is 174 g/mol. The number of hydrogen-bond donors (Lipinski definition) is 1. The molecule has 1 aliphatic heterocycles. The molecule has 1 spiro atoms. The van der Waals surface area contributed by atoms with E-state index in [1.807, 2.05) is 0 Å². The minimum absolute atomic E-state index is 0.432. The van der Waals surface area contributed by atoms with Gasteiger partial charge in [-0.05, 0) is 32.2 Å². The van der Waals surface area contributed by atoms with Gasteiger partial charge >= 0.3 is 0 Å². The fourth-order valence-corrected chi connectivity index (χ4v) is 3.12. The van der Waals surface area contributed by atoms with Gasteiger partial charge in [-0.3, -0.25) is 4.68 Å². The van der Waals surface area contributed by atoms with Gasteiger partial charge in [0.25, 0.3) is 0 Å². The number of hydrogen-bond acceptors (Lipinski definition) is 2. The standard InChI is InChI=1S/C11H17N3/c1-14-10-3-2-4-11(5-6-12-8-11)9(10)7-13-14/h7,12H,2-6,8H2,1H3. The van der Waals surface area contributed by atoms with Gasteiger partial charge in [0.15, 0.2) is 0 Å². The predicted octanol–water partition coefficient (Wildman–Crippen LogP) is 0.988. The molecule has 0 amide bonds. The molecule has 3 heteroatoms. The first-order valence-electron chi connectivity index (χ1n) is 5.54. The van der Waals surface area contributed by atoms with Crippen molar-refractivity contribution in [1.29, 1.82) is 0 Å². The van der Waals surface area contributed by atoms with E-state index in [2.05, 4.69) is 28.3 Å². The third-order valence-corrected chi connectivity index (χ3v) is 3.95. The van der Waals surface area contributed by atoms with Gasteiger partial charge in [0.2, 0.25) is 0 Å². The summed E-state index contributed by atoms with van der Waals surface area (Å²) >= 11 is 0. The van der Waals surface area contributed by atoms with Crippen LogP contribution in [-0.2, 0) is 18.9 Å². The van der Waals surface area contributed by atoms with Gasteiger partial charge in [0, 0.05) is 30.3 Å². The maximum absolute atomic E-state index is 4.41. The molecule has 1 aromatic rings. The second-order valence-corrected chi connectivity index (χ2v) is 4.69. The number of nitrogens with zero attached hydrogens (tertiary/aromatic N) is 2. The molecule has 0 aromatic carbocycles. The minimum atomic E-state index is 0.432. The summed E-state index contributed by atoms with van der Waals surface area (Å²) in [6.07, 6.45) is 7.29. The van der Waals surface area contributed by atoms with Gasteiger partial charge in [0.05, 0.1) is 6.20 Å². The van der Waals surface area contributed by atoms with E-state index in [0.29, 0.717) is 5.41 Å². The molecule has 1 N–H and O–H groups in total. The monoisotopic (exact) mass is 191 g/mol. The molecular formula is C11H17N3. The molecule has 1 unspecified atom stereocenters. The lowest BCUT2D eigenvalue weighted by molar-refractivity contribution is 0.388. The van der Waals surface area contributed by atoms with Crippen LogP contribution in [0.5, 0.6) is 0 Å². The van der Waals surface area contributed by atoms with E-state index in [0.717, 1.165) is 6.54 Å². The number of aryl methyl sites for hydroxylation is 1. The van der Waals surface area contributed by atoms with Crippen LogP contribution in [0.2, 0.25) is 0 Å². The molecule has 1 aliphatic carbocycles. The Morgan fingerprint density at radius 2 is 2.43 bits per heavy atom. The van der Waals surface area contributed by atoms with Gasteiger partial charge in [0.1, 0.15) is 0 Å². The van der Waals surface area contributed by atoms with E-state index in [1.54, 1.807) is 0 Å². The normalized spacial score (nSPS) is 30.9. The molecule has 0 saturated carbocycles. The van der Waals surface area contributed by atoms with E-state index in [-0.39, 0.29) is 0 Å². The van der Waals surface area contributed by atoms with Crippen molar-refractivity contribution >= 4 is 0 Å². The van der Waals surface area contributed by atoms with Crippen molar-refractivity contribution in [3.8, 4) is 0 Å². The first-order chi connectivity index (χ1) is 6.82. The van der Waals surface area contributed by atoms with Crippen molar-refractivity contribution in [3.63, 3.8) is 0 Å². The number of nitrogens with one attached hydrogen (secondary N) is 1. The van der Waals surface area contributed by atoms with Crippen LogP contribution in [0, 0.1) is 0 Å². The largest absolute Gasteiger partial charge is 0.316 e. The first kappa shape index (κ1) is 8.48. The average Bonchev–Trinajstić information content (AvgIpc) is 2.77. The zero-order valence-corrected chi connectivity index (χ0v) is 8.71. The Balaban J connectivity index is 2.10. The lowest BCUT2D eigenvalue weighted by Gasteiger charge is -2.32. The van der Waals surface area contributed by atoms with Crippen molar-refractivity contribution in [2.24, 2.45) is 7.05 Å². The van der Waals surface area contributed by atoms with Crippen LogP contribution >= 0.6 is 0 Å². The molecule has 1 atom stereocenters. The second-order valence-electron chi connectivity index (χ2n) is 4.69. The average molecular weight is 191 g/mol. The first-order valence-corrected chi connectivity index (χ1v) is 5.54. The van der Waals surface area contributed by atoms with Crippen molar-refractivity contribution < 1.29 is 0 Å². The number of rotatable bonds is 0. The zero-order chi connectivity index (χ0) is 9.60. The maximum Gasteiger partial charge on any atom is 0.0530 e. The second kappa shape index (κ2) is 2.83. The van der Waals surface area contributed by atoms with Crippen LogP contribution in [0.25, 0.3) is 0 Å². The van der Waals surface area contributed by atoms with Gasteiger partial charge in [-0.2, -0.15) is 5.10 Å². The lowest BCUT2D eigenvalue weighted by Crippen LogP contribution is -2.32. The van der Waals surface area contributed by atoms with E-state index < -0.39 is 0 Å². The molecule has 3 rings (SSSR count). The molecule has 1 fully saturated rings. The van der Waals surface area contributed by atoms with Crippen LogP contribution in [-0.4, -0.2) is 22.9 Å². The fourth-order valence-electron chi connectivity index (χ4n) is 3.12. The van der Waals surface area contributed by atoms with E-state index in [9.17, 15) is 0 Å². The third kappa shape index (κ3) is 0.989. The topological polar surface area (TPSA) is 29.9 Å². The highest BCUT2D eigenvalue weighted by Gasteiger charge is 2.40. The highest BCUT2D eigenvalue weighted by molar-refractivity contribution is 5.32. The SMILES string of the molecule is Cn1ncc2c1CCCC21CCNC1. The molecule has 3 nitrogen and oxygen atoms in total. The molecule has 76 valence electrons. The molecule has 0 bridgehead atoms. The zero-order valence-electron chi connectivity index (χ0n) is 8.71. The Morgan fingerprint density at radius 3 is 3.21 bits per heavy atom. The summed E-state index contributed by atoms with van der Waals surface area (Å²) in [4.78, 5) is 0. The molecule has 14 heavy (non-hydrogen) atoms. The van der Waals surface area contributed by atoms with Crippen LogP contribution < -0.4 is 5.32 Å². The molecule has 2 aliphatic rings. The van der Waals surface area contributed by atoms with Crippen molar-refractivity contribution in [2.45, 2.75) is 31.1 Å². The highest BCUT2D eigenvalue weighted by atomic mass is 15.3. The number of aromatic nitrogens is 2. The predicted molar refractivity (Wildman–Crippen MR) is 55.3 cm³/mol. The van der Waals surface area contributed by atoms with Gasteiger partial charge < -0.3 is 5.32 Å². The Hall–Kier alpha value is -0.830. The fraction of sp³-hybridized carbons (Fsp3) is 0.727. The molecule has 2 heterocycles. The summed E-state index contributed by atoms with van der Waals surface area (Å²) in [5.41, 5.74) is 3.43.